The summed E-state index contributed by atoms with van der Waals surface area (Å²) in [5.41, 5.74) is 2.55. The van der Waals surface area contributed by atoms with Gasteiger partial charge in [-0.15, -0.1) is 0 Å². The van der Waals surface area contributed by atoms with Crippen LogP contribution >= 0.6 is 11.6 Å². The summed E-state index contributed by atoms with van der Waals surface area (Å²) in [5, 5.41) is 15.4. The molecule has 0 aliphatic rings. The van der Waals surface area contributed by atoms with E-state index in [1.165, 1.54) is 0 Å². The molecule has 0 spiro atoms. The summed E-state index contributed by atoms with van der Waals surface area (Å²) in [4.78, 5) is 0. The normalized spacial score (nSPS) is 12.4. The molecule has 108 valence electrons. The predicted molar refractivity (Wildman–Crippen MR) is 79.3 cm³/mol. The lowest BCUT2D eigenvalue weighted by Crippen LogP contribution is -2.10. The first kappa shape index (κ1) is 14.9. The third-order valence-corrected chi connectivity index (χ3v) is 3.58. The molecule has 2 rings (SSSR count). The summed E-state index contributed by atoms with van der Waals surface area (Å²) in [6.07, 6.45) is -0.269. The Bertz CT molecular complexity index is 596. The maximum atomic E-state index is 10.5. The summed E-state index contributed by atoms with van der Waals surface area (Å²) in [7, 11) is 1.57. The van der Waals surface area contributed by atoms with Crippen molar-refractivity contribution in [3.05, 3.63) is 46.2 Å². The maximum absolute atomic E-state index is 10.5. The summed E-state index contributed by atoms with van der Waals surface area (Å²) in [6, 6.07) is 7.34. The zero-order valence-corrected chi connectivity index (χ0v) is 12.7. The van der Waals surface area contributed by atoms with Gasteiger partial charge in [0.2, 0.25) is 0 Å². The van der Waals surface area contributed by atoms with E-state index in [-0.39, 0.29) is 0 Å². The van der Waals surface area contributed by atoms with Crippen LogP contribution in [0.2, 0.25) is 5.02 Å². The van der Waals surface area contributed by atoms with Crippen LogP contribution in [-0.4, -0.2) is 22.0 Å². The molecular formula is C15H19ClN2O2. The zero-order valence-electron chi connectivity index (χ0n) is 11.9. The topological polar surface area (TPSA) is 47.3 Å². The highest BCUT2D eigenvalue weighted by Crippen LogP contribution is 2.33. The van der Waals surface area contributed by atoms with E-state index in [2.05, 4.69) is 5.10 Å². The van der Waals surface area contributed by atoms with E-state index in [4.69, 9.17) is 16.3 Å². The second kappa shape index (κ2) is 6.29. The molecule has 1 N–H and O–H groups in total. The average Bonchev–Trinajstić information content (AvgIpc) is 2.78. The highest BCUT2D eigenvalue weighted by molar-refractivity contribution is 6.31. The molecular weight excluding hydrogens is 276 g/mol. The molecule has 1 aromatic carbocycles. The number of aliphatic hydroxyl groups excluding tert-OH is 1. The Labute approximate surface area is 123 Å². The van der Waals surface area contributed by atoms with Gasteiger partial charge in [0.15, 0.2) is 0 Å². The SMILES string of the molecule is CCn1nc(C)cc1CC(O)c1c(Cl)cccc1OC. The van der Waals surface area contributed by atoms with Crippen LogP contribution in [0.1, 0.15) is 30.0 Å². The molecule has 1 aromatic heterocycles. The number of nitrogens with zero attached hydrogens (tertiary/aromatic N) is 2. The summed E-state index contributed by atoms with van der Waals surface area (Å²) in [5.74, 6) is 0.601. The van der Waals surface area contributed by atoms with Crippen LogP contribution < -0.4 is 4.74 Å². The Balaban J connectivity index is 2.30. The molecule has 0 saturated carbocycles. The van der Waals surface area contributed by atoms with Crippen molar-refractivity contribution in [1.82, 2.24) is 9.78 Å². The summed E-state index contributed by atoms with van der Waals surface area (Å²) >= 11 is 6.19. The van der Waals surface area contributed by atoms with Crippen LogP contribution in [0.3, 0.4) is 0 Å². The minimum Gasteiger partial charge on any atom is -0.496 e. The van der Waals surface area contributed by atoms with Crippen molar-refractivity contribution in [3.63, 3.8) is 0 Å². The van der Waals surface area contributed by atoms with Crippen LogP contribution in [0, 0.1) is 6.92 Å². The number of benzene rings is 1. The Morgan fingerprint density at radius 2 is 2.20 bits per heavy atom. The molecule has 0 aliphatic carbocycles. The number of aliphatic hydroxyl groups is 1. The van der Waals surface area contributed by atoms with E-state index in [0.29, 0.717) is 22.8 Å². The summed E-state index contributed by atoms with van der Waals surface area (Å²) in [6.45, 7) is 4.74. The lowest BCUT2D eigenvalue weighted by Gasteiger charge is -2.16. The Morgan fingerprint density at radius 1 is 1.45 bits per heavy atom. The molecule has 1 heterocycles. The van der Waals surface area contributed by atoms with Gasteiger partial charge in [-0.1, -0.05) is 17.7 Å². The summed E-state index contributed by atoms with van der Waals surface area (Å²) < 4.78 is 7.17. The Hall–Kier alpha value is -1.52. The third-order valence-electron chi connectivity index (χ3n) is 3.25. The van der Waals surface area contributed by atoms with Crippen molar-refractivity contribution in [2.24, 2.45) is 0 Å². The Kier molecular flexibility index (Phi) is 4.68. The first-order valence-corrected chi connectivity index (χ1v) is 6.98. The number of halogens is 1. The Morgan fingerprint density at radius 3 is 2.85 bits per heavy atom. The van der Waals surface area contributed by atoms with Crippen LogP contribution in [0.4, 0.5) is 0 Å². The van der Waals surface area contributed by atoms with Gasteiger partial charge in [0, 0.05) is 24.2 Å². The van der Waals surface area contributed by atoms with Crippen LogP contribution in [-0.2, 0) is 13.0 Å². The molecule has 2 aromatic rings. The van der Waals surface area contributed by atoms with Crippen LogP contribution in [0.25, 0.3) is 0 Å². The average molecular weight is 295 g/mol. The van der Waals surface area contributed by atoms with Crippen molar-refractivity contribution in [2.75, 3.05) is 7.11 Å². The van der Waals surface area contributed by atoms with E-state index in [0.717, 1.165) is 17.9 Å². The second-order valence-electron chi connectivity index (χ2n) is 4.67. The molecule has 0 bridgehead atoms. The van der Waals surface area contributed by atoms with Crippen molar-refractivity contribution < 1.29 is 9.84 Å². The van der Waals surface area contributed by atoms with E-state index in [1.54, 1.807) is 25.3 Å². The van der Waals surface area contributed by atoms with Crippen molar-refractivity contribution in [2.45, 2.75) is 32.9 Å². The standard InChI is InChI=1S/C15H19ClN2O2/c1-4-18-11(8-10(2)17-18)9-13(19)15-12(16)6-5-7-14(15)20-3/h5-8,13,19H,4,9H2,1-3H3. The van der Waals surface area contributed by atoms with Crippen molar-refractivity contribution >= 4 is 11.6 Å². The fraction of sp³-hybridized carbons (Fsp3) is 0.400. The molecule has 1 unspecified atom stereocenters. The predicted octanol–water partition coefficient (Wildman–Crippen LogP) is 3.15. The van der Waals surface area contributed by atoms with Crippen molar-refractivity contribution in [1.29, 1.82) is 0 Å². The number of aryl methyl sites for hydroxylation is 2. The van der Waals surface area contributed by atoms with Gasteiger partial charge in [0.25, 0.3) is 0 Å². The minimum atomic E-state index is -0.722. The lowest BCUT2D eigenvalue weighted by atomic mass is 10.0. The molecule has 0 radical (unpaired) electrons. The van der Waals surface area contributed by atoms with E-state index < -0.39 is 6.10 Å². The molecule has 1 atom stereocenters. The number of aromatic nitrogens is 2. The molecule has 0 fully saturated rings. The highest BCUT2D eigenvalue weighted by Gasteiger charge is 2.19. The number of ether oxygens (including phenoxy) is 1. The first-order chi connectivity index (χ1) is 9.56. The minimum absolute atomic E-state index is 0.453. The maximum Gasteiger partial charge on any atom is 0.126 e. The smallest absolute Gasteiger partial charge is 0.126 e. The lowest BCUT2D eigenvalue weighted by molar-refractivity contribution is 0.171. The molecule has 0 amide bonds. The number of rotatable bonds is 5. The molecule has 5 heteroatoms. The van der Waals surface area contributed by atoms with E-state index in [1.807, 2.05) is 24.6 Å². The van der Waals surface area contributed by atoms with Gasteiger partial charge in [0.05, 0.1) is 23.9 Å². The number of hydrogen-bond donors (Lipinski definition) is 1. The van der Waals surface area contributed by atoms with E-state index >= 15 is 0 Å². The van der Waals surface area contributed by atoms with E-state index in [9.17, 15) is 5.11 Å². The van der Waals surface area contributed by atoms with Crippen LogP contribution in [0.15, 0.2) is 24.3 Å². The monoisotopic (exact) mass is 294 g/mol. The first-order valence-electron chi connectivity index (χ1n) is 6.60. The van der Waals surface area contributed by atoms with Gasteiger partial charge < -0.3 is 9.84 Å². The molecule has 20 heavy (non-hydrogen) atoms. The van der Waals surface area contributed by atoms with Gasteiger partial charge in [-0.25, -0.2) is 0 Å². The zero-order chi connectivity index (χ0) is 14.7. The third kappa shape index (κ3) is 2.97. The molecule has 0 saturated heterocycles. The van der Waals surface area contributed by atoms with Crippen LogP contribution in [0.5, 0.6) is 5.75 Å². The van der Waals surface area contributed by atoms with Gasteiger partial charge in [0.1, 0.15) is 5.75 Å². The fourth-order valence-electron chi connectivity index (χ4n) is 2.36. The highest BCUT2D eigenvalue weighted by atomic mass is 35.5. The second-order valence-corrected chi connectivity index (χ2v) is 5.08. The van der Waals surface area contributed by atoms with Gasteiger partial charge in [-0.3, -0.25) is 4.68 Å². The number of hydrogen-bond acceptors (Lipinski definition) is 3. The van der Waals surface area contributed by atoms with Gasteiger partial charge in [-0.05, 0) is 32.0 Å². The largest absolute Gasteiger partial charge is 0.496 e. The van der Waals surface area contributed by atoms with Crippen molar-refractivity contribution in [3.8, 4) is 5.75 Å². The molecule has 0 aliphatic heterocycles. The van der Waals surface area contributed by atoms with Gasteiger partial charge >= 0.3 is 0 Å². The fourth-order valence-corrected chi connectivity index (χ4v) is 2.65. The number of methoxy groups -OCH3 is 1. The quantitative estimate of drug-likeness (QED) is 0.921. The molecule has 4 nitrogen and oxygen atoms in total. The van der Waals surface area contributed by atoms with Gasteiger partial charge in [-0.2, -0.15) is 5.10 Å².